The van der Waals surface area contributed by atoms with Crippen LogP contribution in [0.2, 0.25) is 0 Å². The van der Waals surface area contributed by atoms with E-state index in [1.54, 1.807) is 11.3 Å². The van der Waals surface area contributed by atoms with Crippen molar-refractivity contribution in [2.75, 3.05) is 0 Å². The Hall–Kier alpha value is -8.03. The molecule has 14 aromatic rings. The van der Waals surface area contributed by atoms with Gasteiger partial charge < -0.3 is 4.57 Å². The van der Waals surface area contributed by atoms with Gasteiger partial charge in [-0.05, 0) is 93.3 Å². The molecule has 0 aliphatic rings. The number of hydrogen-bond acceptors (Lipinski definition) is 5. The van der Waals surface area contributed by atoms with Crippen molar-refractivity contribution in [1.29, 1.82) is 0 Å². The summed E-state index contributed by atoms with van der Waals surface area (Å²) in [6.45, 7) is 0. The van der Waals surface area contributed by atoms with Crippen LogP contribution in [-0.2, 0) is 0 Å². The topological polar surface area (TPSA) is 43.6 Å². The van der Waals surface area contributed by atoms with Gasteiger partial charge in [0, 0.05) is 73.5 Å². The smallest absolute Gasteiger partial charge is 0.164 e. The molecule has 0 aliphatic carbocycles. The molecule has 14 rings (SSSR count). The van der Waals surface area contributed by atoms with Gasteiger partial charge in [0.05, 0.1) is 11.0 Å². The minimum Gasteiger partial charge on any atom is -0.309 e. The quantitative estimate of drug-likeness (QED) is 0.173. The van der Waals surface area contributed by atoms with E-state index in [1.807, 2.05) is 29.5 Å². The van der Waals surface area contributed by atoms with Crippen molar-refractivity contribution in [3.63, 3.8) is 0 Å². The molecular weight excluding hydrogens is 829 g/mol. The molecule has 4 nitrogen and oxygen atoms in total. The number of thiophene rings is 2. The van der Waals surface area contributed by atoms with E-state index in [4.69, 9.17) is 15.0 Å². The van der Waals surface area contributed by atoms with Gasteiger partial charge in [-0.15, -0.1) is 22.7 Å². The van der Waals surface area contributed by atoms with Gasteiger partial charge in [-0.2, -0.15) is 0 Å². The van der Waals surface area contributed by atoms with E-state index in [0.29, 0.717) is 17.5 Å². The van der Waals surface area contributed by atoms with E-state index in [2.05, 4.69) is 193 Å². The Labute approximate surface area is 381 Å². The molecule has 0 aliphatic heterocycles. The summed E-state index contributed by atoms with van der Waals surface area (Å²) in [5.74, 6) is 1.90. The molecule has 0 N–H and O–H groups in total. The second-order valence-electron chi connectivity index (χ2n) is 16.7. The van der Waals surface area contributed by atoms with Crippen molar-refractivity contribution >= 4 is 106 Å². The summed E-state index contributed by atoms with van der Waals surface area (Å²) in [5.41, 5.74) is 8.47. The minimum atomic E-state index is 0.626. The molecule has 6 heteroatoms. The lowest BCUT2D eigenvalue weighted by Gasteiger charge is -2.18. The van der Waals surface area contributed by atoms with Crippen LogP contribution in [0.25, 0.3) is 135 Å². The predicted octanol–water partition coefficient (Wildman–Crippen LogP) is 16.7. The van der Waals surface area contributed by atoms with E-state index in [0.717, 1.165) is 39.0 Å². The average Bonchev–Trinajstić information content (AvgIpc) is 4.03. The molecule has 65 heavy (non-hydrogen) atoms. The van der Waals surface area contributed by atoms with Gasteiger partial charge in [0.1, 0.15) is 0 Å². The number of benzene rings is 10. The first-order valence-electron chi connectivity index (χ1n) is 21.8. The highest BCUT2D eigenvalue weighted by atomic mass is 32.1. The van der Waals surface area contributed by atoms with Crippen molar-refractivity contribution in [3.8, 4) is 51.0 Å². The third-order valence-corrected chi connectivity index (χ3v) is 15.3. The molecule has 0 atom stereocenters. The van der Waals surface area contributed by atoms with Gasteiger partial charge in [0.15, 0.2) is 17.5 Å². The van der Waals surface area contributed by atoms with Crippen molar-refractivity contribution in [1.82, 2.24) is 19.5 Å². The molecule has 4 heterocycles. The first-order chi connectivity index (χ1) is 32.2. The van der Waals surface area contributed by atoms with Gasteiger partial charge in [-0.1, -0.05) is 146 Å². The SMILES string of the molecule is c1ccc(-c2nc(-c3ccc4c(c3)sc3ccccc34)nc(-c3ccc(-n4c5ccccc5c5cc6ccccc6cc54)cc3-c3c4ccccc4cc4sc5ccccc5c34)n2)cc1. The zero-order chi connectivity index (χ0) is 42.6. The number of hydrogen-bond donors (Lipinski definition) is 0. The first kappa shape index (κ1) is 36.5. The summed E-state index contributed by atoms with van der Waals surface area (Å²) in [6.07, 6.45) is 0. The van der Waals surface area contributed by atoms with Crippen LogP contribution in [0.5, 0.6) is 0 Å². The standard InChI is InChI=1S/C59H34N4S2/c1-2-14-35(15-3-1)57-60-58(39-26-28-44-43-21-9-12-24-51(43)64-53(44)33-39)62-59(61-57)45-29-27-40(63-49-23-11-8-20-42(49)47-30-36-16-4-5-17-37(36)31-50(47)63)34-48(45)55-41-19-7-6-18-38(41)32-54-56(55)46-22-10-13-25-52(46)65-54/h1-34H. The van der Waals surface area contributed by atoms with Crippen LogP contribution in [0.15, 0.2) is 206 Å². The maximum absolute atomic E-state index is 5.46. The number of fused-ring (bicyclic) bond motifs is 11. The molecule has 0 unspecified atom stereocenters. The van der Waals surface area contributed by atoms with E-state index >= 15 is 0 Å². The summed E-state index contributed by atoms with van der Waals surface area (Å²) >= 11 is 3.65. The Morgan fingerprint density at radius 1 is 0.323 bits per heavy atom. The Morgan fingerprint density at radius 2 is 0.938 bits per heavy atom. The number of para-hydroxylation sites is 1. The van der Waals surface area contributed by atoms with E-state index < -0.39 is 0 Å². The molecule has 0 radical (unpaired) electrons. The number of nitrogens with zero attached hydrogens (tertiary/aromatic N) is 4. The van der Waals surface area contributed by atoms with Gasteiger partial charge in [-0.25, -0.2) is 15.0 Å². The van der Waals surface area contributed by atoms with Crippen LogP contribution >= 0.6 is 22.7 Å². The lowest BCUT2D eigenvalue weighted by atomic mass is 9.90. The van der Waals surface area contributed by atoms with Crippen molar-refractivity contribution < 1.29 is 0 Å². The average molecular weight is 863 g/mol. The summed E-state index contributed by atoms with van der Waals surface area (Å²) in [7, 11) is 0. The van der Waals surface area contributed by atoms with Crippen LogP contribution in [0.3, 0.4) is 0 Å². The molecular formula is C59H34N4S2. The Bertz CT molecular complexity index is 4250. The highest BCUT2D eigenvalue weighted by molar-refractivity contribution is 7.26. The predicted molar refractivity (Wildman–Crippen MR) is 277 cm³/mol. The Morgan fingerprint density at radius 3 is 1.77 bits per heavy atom. The van der Waals surface area contributed by atoms with Crippen LogP contribution in [0.1, 0.15) is 0 Å². The van der Waals surface area contributed by atoms with Crippen molar-refractivity contribution in [2.45, 2.75) is 0 Å². The molecule has 0 saturated carbocycles. The second-order valence-corrected chi connectivity index (χ2v) is 18.9. The highest BCUT2D eigenvalue weighted by Gasteiger charge is 2.23. The monoisotopic (exact) mass is 862 g/mol. The van der Waals surface area contributed by atoms with Crippen LogP contribution in [0, 0.1) is 0 Å². The summed E-state index contributed by atoms with van der Waals surface area (Å²) in [4.78, 5) is 16.1. The second kappa shape index (κ2) is 14.2. The zero-order valence-corrected chi connectivity index (χ0v) is 36.4. The van der Waals surface area contributed by atoms with Gasteiger partial charge >= 0.3 is 0 Å². The maximum atomic E-state index is 5.46. The fourth-order valence-electron chi connectivity index (χ4n) is 10.0. The molecule has 0 bridgehead atoms. The minimum absolute atomic E-state index is 0.626. The van der Waals surface area contributed by atoms with Gasteiger partial charge in [0.25, 0.3) is 0 Å². The summed E-state index contributed by atoms with van der Waals surface area (Å²) in [5, 5.41) is 12.3. The summed E-state index contributed by atoms with van der Waals surface area (Å²) < 4.78 is 7.42. The van der Waals surface area contributed by atoms with Crippen molar-refractivity contribution in [2.24, 2.45) is 0 Å². The Balaban J connectivity index is 1.10. The summed E-state index contributed by atoms with van der Waals surface area (Å²) in [6, 6.07) is 74.6. The number of rotatable bonds is 5. The maximum Gasteiger partial charge on any atom is 0.164 e. The third-order valence-electron chi connectivity index (χ3n) is 13.0. The van der Waals surface area contributed by atoms with E-state index in [-0.39, 0.29) is 0 Å². The molecule has 0 fully saturated rings. The molecule has 4 aromatic heterocycles. The van der Waals surface area contributed by atoms with E-state index in [9.17, 15) is 0 Å². The lowest BCUT2D eigenvalue weighted by molar-refractivity contribution is 1.07. The third kappa shape index (κ3) is 5.71. The zero-order valence-electron chi connectivity index (χ0n) is 34.7. The number of aromatic nitrogens is 4. The van der Waals surface area contributed by atoms with Crippen LogP contribution in [0.4, 0.5) is 0 Å². The molecule has 0 spiro atoms. The molecule has 0 saturated heterocycles. The van der Waals surface area contributed by atoms with Crippen LogP contribution < -0.4 is 0 Å². The highest BCUT2D eigenvalue weighted by Crippen LogP contribution is 2.48. The van der Waals surface area contributed by atoms with Crippen molar-refractivity contribution in [3.05, 3.63) is 206 Å². The van der Waals surface area contributed by atoms with Gasteiger partial charge in [0.2, 0.25) is 0 Å². The lowest BCUT2D eigenvalue weighted by Crippen LogP contribution is -2.02. The van der Waals surface area contributed by atoms with E-state index in [1.165, 1.54) is 78.2 Å². The first-order valence-corrected chi connectivity index (χ1v) is 23.5. The largest absolute Gasteiger partial charge is 0.309 e. The van der Waals surface area contributed by atoms with Gasteiger partial charge in [-0.3, -0.25) is 0 Å². The Kier molecular flexibility index (Phi) is 7.99. The fourth-order valence-corrected chi connectivity index (χ4v) is 12.4. The fraction of sp³-hybridized carbons (Fsp3) is 0. The van der Waals surface area contributed by atoms with Crippen LogP contribution in [-0.4, -0.2) is 19.5 Å². The normalized spacial score (nSPS) is 12.0. The molecule has 10 aromatic carbocycles. The molecule has 0 amide bonds. The molecule has 302 valence electrons.